The van der Waals surface area contributed by atoms with Crippen molar-refractivity contribution >= 4 is 21.6 Å². The van der Waals surface area contributed by atoms with E-state index in [1.54, 1.807) is 12.1 Å². The molecule has 2 rings (SSSR count). The van der Waals surface area contributed by atoms with Gasteiger partial charge in [0, 0.05) is 5.02 Å². The molecule has 0 spiro atoms. The molecule has 0 radical (unpaired) electrons. The third-order valence-electron chi connectivity index (χ3n) is 2.73. The summed E-state index contributed by atoms with van der Waals surface area (Å²) in [5.74, 6) is 0. The summed E-state index contributed by atoms with van der Waals surface area (Å²) in [5.41, 5.74) is 0. The lowest BCUT2D eigenvalue weighted by atomic mass is 10.3. The lowest BCUT2D eigenvalue weighted by Gasteiger charge is -2.12. The molecule has 0 bridgehead atoms. The molecule has 1 aliphatic carbocycles. The SMILES string of the molecule is O=S(=O)(NOC1CCCC1)c1cccc(Cl)c1. The maximum atomic E-state index is 11.8. The molecule has 1 aliphatic rings. The maximum Gasteiger partial charge on any atom is 0.262 e. The highest BCUT2D eigenvalue weighted by atomic mass is 35.5. The van der Waals surface area contributed by atoms with Gasteiger partial charge in [-0.1, -0.05) is 35.4 Å². The molecule has 0 saturated heterocycles. The molecule has 94 valence electrons. The number of hydrogen-bond acceptors (Lipinski definition) is 3. The number of nitrogens with one attached hydrogen (secondary N) is 1. The second-order valence-electron chi connectivity index (χ2n) is 4.07. The van der Waals surface area contributed by atoms with E-state index >= 15 is 0 Å². The van der Waals surface area contributed by atoms with Crippen LogP contribution in [0.15, 0.2) is 29.2 Å². The summed E-state index contributed by atoms with van der Waals surface area (Å²) in [4.78, 5) is 7.45. The number of sulfonamides is 1. The zero-order valence-corrected chi connectivity index (χ0v) is 10.8. The van der Waals surface area contributed by atoms with Crippen LogP contribution in [0.5, 0.6) is 0 Å². The van der Waals surface area contributed by atoms with Gasteiger partial charge in [-0.25, -0.2) is 8.42 Å². The Hall–Kier alpha value is -0.620. The fraction of sp³-hybridized carbons (Fsp3) is 0.455. The predicted octanol–water partition coefficient (Wildman–Crippen LogP) is 2.49. The molecule has 0 amide bonds. The third kappa shape index (κ3) is 3.42. The number of halogens is 1. The zero-order valence-electron chi connectivity index (χ0n) is 9.23. The Balaban J connectivity index is 2.03. The van der Waals surface area contributed by atoms with Crippen LogP contribution in [0, 0.1) is 0 Å². The van der Waals surface area contributed by atoms with E-state index in [4.69, 9.17) is 16.4 Å². The van der Waals surface area contributed by atoms with Gasteiger partial charge in [0.1, 0.15) is 0 Å². The van der Waals surface area contributed by atoms with Crippen LogP contribution in [0.1, 0.15) is 25.7 Å². The summed E-state index contributed by atoms with van der Waals surface area (Å²) in [6.45, 7) is 0. The van der Waals surface area contributed by atoms with Gasteiger partial charge in [0.05, 0.1) is 11.0 Å². The highest BCUT2D eigenvalue weighted by Gasteiger charge is 2.20. The van der Waals surface area contributed by atoms with Crippen LogP contribution < -0.4 is 4.89 Å². The molecule has 1 aromatic rings. The van der Waals surface area contributed by atoms with E-state index < -0.39 is 10.0 Å². The van der Waals surface area contributed by atoms with Crippen molar-refractivity contribution < 1.29 is 13.3 Å². The Bertz CT molecular complexity index is 483. The van der Waals surface area contributed by atoms with E-state index in [2.05, 4.69) is 4.89 Å². The maximum absolute atomic E-state index is 11.8. The molecule has 0 atom stereocenters. The van der Waals surface area contributed by atoms with Crippen LogP contribution in [0.3, 0.4) is 0 Å². The average Bonchev–Trinajstić information content (AvgIpc) is 2.79. The molecule has 6 heteroatoms. The average molecular weight is 276 g/mol. The fourth-order valence-corrected chi connectivity index (χ4v) is 2.97. The summed E-state index contributed by atoms with van der Waals surface area (Å²) in [7, 11) is -3.63. The molecule has 4 nitrogen and oxygen atoms in total. The van der Waals surface area contributed by atoms with Gasteiger partial charge in [-0.3, -0.25) is 4.84 Å². The number of benzene rings is 1. The molecule has 1 N–H and O–H groups in total. The summed E-state index contributed by atoms with van der Waals surface area (Å²) in [5, 5.41) is 0.383. The first-order chi connectivity index (χ1) is 8.08. The summed E-state index contributed by atoms with van der Waals surface area (Å²) < 4.78 is 23.7. The molecular weight excluding hydrogens is 262 g/mol. The van der Waals surface area contributed by atoms with Crippen molar-refractivity contribution in [2.45, 2.75) is 36.7 Å². The molecule has 0 heterocycles. The van der Waals surface area contributed by atoms with E-state index in [9.17, 15) is 8.42 Å². The third-order valence-corrected chi connectivity index (χ3v) is 4.16. The van der Waals surface area contributed by atoms with Crippen molar-refractivity contribution in [1.82, 2.24) is 4.89 Å². The minimum atomic E-state index is -3.63. The van der Waals surface area contributed by atoms with E-state index in [0.29, 0.717) is 5.02 Å². The van der Waals surface area contributed by atoms with Crippen molar-refractivity contribution in [2.75, 3.05) is 0 Å². The van der Waals surface area contributed by atoms with E-state index in [0.717, 1.165) is 25.7 Å². The van der Waals surface area contributed by atoms with Gasteiger partial charge in [0.25, 0.3) is 10.0 Å². The zero-order chi connectivity index (χ0) is 12.3. The molecule has 0 aliphatic heterocycles. The summed E-state index contributed by atoms with van der Waals surface area (Å²) >= 11 is 5.75. The van der Waals surface area contributed by atoms with E-state index in [1.165, 1.54) is 12.1 Å². The lowest BCUT2D eigenvalue weighted by Crippen LogP contribution is -2.28. The highest BCUT2D eigenvalue weighted by molar-refractivity contribution is 7.89. The standard InChI is InChI=1S/C11H14ClNO3S/c12-9-4-3-7-11(8-9)17(14,15)13-16-10-5-1-2-6-10/h3-4,7-8,10,13H,1-2,5-6H2. The number of hydrogen-bond donors (Lipinski definition) is 1. The molecule has 1 saturated carbocycles. The monoisotopic (exact) mass is 275 g/mol. The second kappa shape index (κ2) is 5.35. The van der Waals surface area contributed by atoms with Gasteiger partial charge >= 0.3 is 0 Å². The first kappa shape index (κ1) is 12.8. The van der Waals surface area contributed by atoms with Crippen molar-refractivity contribution in [3.05, 3.63) is 29.3 Å². The summed E-state index contributed by atoms with van der Waals surface area (Å²) in [6.07, 6.45) is 3.97. The van der Waals surface area contributed by atoms with Crippen LogP contribution >= 0.6 is 11.6 Å². The number of rotatable bonds is 4. The molecule has 1 aromatic carbocycles. The minimum Gasteiger partial charge on any atom is -0.284 e. The highest BCUT2D eigenvalue weighted by Crippen LogP contribution is 2.21. The van der Waals surface area contributed by atoms with Crippen LogP contribution in [-0.4, -0.2) is 14.5 Å². The second-order valence-corrected chi connectivity index (χ2v) is 6.15. The van der Waals surface area contributed by atoms with Gasteiger partial charge < -0.3 is 0 Å². The quantitative estimate of drug-likeness (QED) is 0.859. The predicted molar refractivity (Wildman–Crippen MR) is 65.1 cm³/mol. The van der Waals surface area contributed by atoms with Gasteiger partial charge in [-0.15, -0.1) is 0 Å². The van der Waals surface area contributed by atoms with Crippen LogP contribution in [0.2, 0.25) is 5.02 Å². The van der Waals surface area contributed by atoms with E-state index in [1.807, 2.05) is 0 Å². The lowest BCUT2D eigenvalue weighted by molar-refractivity contribution is 0.0223. The van der Waals surface area contributed by atoms with E-state index in [-0.39, 0.29) is 11.0 Å². The van der Waals surface area contributed by atoms with Crippen LogP contribution in [0.25, 0.3) is 0 Å². The van der Waals surface area contributed by atoms with Crippen molar-refractivity contribution in [1.29, 1.82) is 0 Å². The Labute approximate surface area is 106 Å². The normalized spacial score (nSPS) is 17.5. The summed E-state index contributed by atoms with van der Waals surface area (Å²) in [6, 6.07) is 6.08. The van der Waals surface area contributed by atoms with Crippen molar-refractivity contribution in [2.24, 2.45) is 0 Å². The first-order valence-electron chi connectivity index (χ1n) is 5.51. The Morgan fingerprint density at radius 3 is 2.65 bits per heavy atom. The van der Waals surface area contributed by atoms with Crippen molar-refractivity contribution in [3.8, 4) is 0 Å². The Morgan fingerprint density at radius 1 is 1.29 bits per heavy atom. The van der Waals surface area contributed by atoms with Crippen molar-refractivity contribution in [3.63, 3.8) is 0 Å². The molecule has 1 fully saturated rings. The Kier molecular flexibility index (Phi) is 4.04. The van der Waals surface area contributed by atoms with Gasteiger partial charge in [0.15, 0.2) is 0 Å². The van der Waals surface area contributed by atoms with Crippen LogP contribution in [-0.2, 0) is 14.9 Å². The topological polar surface area (TPSA) is 55.4 Å². The largest absolute Gasteiger partial charge is 0.284 e. The fourth-order valence-electron chi connectivity index (χ4n) is 1.82. The van der Waals surface area contributed by atoms with Gasteiger partial charge in [-0.2, -0.15) is 0 Å². The first-order valence-corrected chi connectivity index (χ1v) is 7.37. The smallest absolute Gasteiger partial charge is 0.262 e. The molecule has 0 unspecified atom stereocenters. The van der Waals surface area contributed by atoms with Gasteiger partial charge in [0.2, 0.25) is 0 Å². The minimum absolute atomic E-state index is 0.0102. The van der Waals surface area contributed by atoms with Gasteiger partial charge in [-0.05, 0) is 31.0 Å². The molecule has 0 aromatic heterocycles. The molecule has 17 heavy (non-hydrogen) atoms. The molecular formula is C11H14ClNO3S. The van der Waals surface area contributed by atoms with Crippen LogP contribution in [0.4, 0.5) is 0 Å². The Morgan fingerprint density at radius 2 is 2.00 bits per heavy atom.